The molecule has 17 heavy (non-hydrogen) atoms. The molecule has 0 aliphatic heterocycles. The number of hydrogen-bond donors (Lipinski definition) is 2. The van der Waals surface area contributed by atoms with E-state index in [1.165, 1.54) is 6.33 Å². The predicted molar refractivity (Wildman–Crippen MR) is 64.6 cm³/mol. The minimum atomic E-state index is -0.437. The van der Waals surface area contributed by atoms with Gasteiger partial charge in [0.25, 0.3) is 0 Å². The van der Waals surface area contributed by atoms with E-state index in [1.807, 2.05) is 13.0 Å². The lowest BCUT2D eigenvalue weighted by Crippen LogP contribution is -2.10. The van der Waals surface area contributed by atoms with Crippen molar-refractivity contribution in [3.8, 4) is 0 Å². The third kappa shape index (κ3) is 1.36. The number of aromatic amines is 1. The van der Waals surface area contributed by atoms with Crippen molar-refractivity contribution >= 4 is 27.8 Å². The van der Waals surface area contributed by atoms with Gasteiger partial charge in [-0.15, -0.1) is 0 Å². The Hall–Kier alpha value is -2.43. The first-order valence-electron chi connectivity index (χ1n) is 5.19. The maximum Gasteiger partial charge on any atom is 0.248 e. The molecular weight excluding hydrogens is 216 g/mol. The average Bonchev–Trinajstić information content (AvgIpc) is 2.67. The summed E-state index contributed by atoms with van der Waals surface area (Å²) in [5.41, 5.74) is 8.26. The molecule has 0 unspecified atom stereocenters. The first-order chi connectivity index (χ1) is 8.16. The van der Waals surface area contributed by atoms with E-state index in [4.69, 9.17) is 5.73 Å². The van der Waals surface area contributed by atoms with Crippen LogP contribution in [0.3, 0.4) is 0 Å². The molecule has 1 amide bonds. The molecule has 0 aliphatic rings. The molecule has 3 N–H and O–H groups in total. The van der Waals surface area contributed by atoms with Crippen LogP contribution in [0.25, 0.3) is 21.9 Å². The van der Waals surface area contributed by atoms with E-state index in [0.717, 1.165) is 27.6 Å². The van der Waals surface area contributed by atoms with Gasteiger partial charge in [-0.05, 0) is 19.1 Å². The number of fused-ring (bicyclic) bond motifs is 3. The number of carbonyl (C=O) groups excluding carboxylic acids is 1. The van der Waals surface area contributed by atoms with Crippen molar-refractivity contribution in [2.24, 2.45) is 5.73 Å². The monoisotopic (exact) mass is 226 g/mol. The number of benzene rings is 1. The Morgan fingerprint density at radius 2 is 2.18 bits per heavy atom. The topological polar surface area (TPSA) is 84.7 Å². The van der Waals surface area contributed by atoms with Crippen LogP contribution >= 0.6 is 0 Å². The molecule has 1 aromatic carbocycles. The standard InChI is InChI=1S/C12H10N4O/c1-6-10-8-3-2-7(11(13)17)4-9(8)16-12(10)15-5-14-6/h2-5H,1H3,(H2,13,17)(H,14,15,16). The Balaban J connectivity index is 2.44. The van der Waals surface area contributed by atoms with Gasteiger partial charge in [0.1, 0.15) is 12.0 Å². The summed E-state index contributed by atoms with van der Waals surface area (Å²) in [6, 6.07) is 5.31. The van der Waals surface area contributed by atoms with Gasteiger partial charge in [-0.2, -0.15) is 0 Å². The Morgan fingerprint density at radius 1 is 1.35 bits per heavy atom. The predicted octanol–water partition coefficient (Wildman–Crippen LogP) is 1.52. The number of H-pyrrole nitrogens is 1. The molecule has 5 heteroatoms. The van der Waals surface area contributed by atoms with Crippen molar-refractivity contribution in [1.82, 2.24) is 15.0 Å². The second-order valence-electron chi connectivity index (χ2n) is 3.93. The Kier molecular flexibility index (Phi) is 1.89. The number of nitrogens with zero attached hydrogens (tertiary/aromatic N) is 2. The Labute approximate surface area is 96.7 Å². The van der Waals surface area contributed by atoms with Crippen LogP contribution in [0.5, 0.6) is 0 Å². The molecule has 0 spiro atoms. The number of nitrogens with two attached hydrogens (primary N) is 1. The van der Waals surface area contributed by atoms with Gasteiger partial charge in [0.15, 0.2) is 0 Å². The number of aryl methyl sites for hydroxylation is 1. The normalized spacial score (nSPS) is 11.1. The number of aromatic nitrogens is 3. The van der Waals surface area contributed by atoms with Crippen LogP contribution < -0.4 is 5.73 Å². The summed E-state index contributed by atoms with van der Waals surface area (Å²) in [6.45, 7) is 1.93. The summed E-state index contributed by atoms with van der Waals surface area (Å²) < 4.78 is 0. The molecule has 0 saturated heterocycles. The van der Waals surface area contributed by atoms with Crippen LogP contribution in [0, 0.1) is 6.92 Å². The Morgan fingerprint density at radius 3 is 2.94 bits per heavy atom. The van der Waals surface area contributed by atoms with Crippen LogP contribution in [-0.4, -0.2) is 20.9 Å². The fraction of sp³-hybridized carbons (Fsp3) is 0.0833. The van der Waals surface area contributed by atoms with E-state index in [1.54, 1.807) is 12.1 Å². The highest BCUT2D eigenvalue weighted by atomic mass is 16.1. The zero-order valence-corrected chi connectivity index (χ0v) is 9.19. The van der Waals surface area contributed by atoms with E-state index in [-0.39, 0.29) is 0 Å². The van der Waals surface area contributed by atoms with Gasteiger partial charge in [0, 0.05) is 21.9 Å². The van der Waals surface area contributed by atoms with Crippen molar-refractivity contribution in [1.29, 1.82) is 0 Å². The maximum absolute atomic E-state index is 11.1. The zero-order valence-electron chi connectivity index (χ0n) is 9.19. The SMILES string of the molecule is Cc1ncnc2[nH]c3cc(C(N)=O)ccc3c12. The first kappa shape index (κ1) is 9.77. The van der Waals surface area contributed by atoms with E-state index in [2.05, 4.69) is 15.0 Å². The highest BCUT2D eigenvalue weighted by molar-refractivity contribution is 6.09. The fourth-order valence-corrected chi connectivity index (χ4v) is 2.04. The summed E-state index contributed by atoms with van der Waals surface area (Å²) in [4.78, 5) is 22.6. The van der Waals surface area contributed by atoms with Gasteiger partial charge in [-0.1, -0.05) is 6.07 Å². The molecule has 84 valence electrons. The summed E-state index contributed by atoms with van der Waals surface area (Å²) in [5, 5.41) is 1.99. The van der Waals surface area contributed by atoms with Crippen molar-refractivity contribution in [3.05, 3.63) is 35.8 Å². The number of amides is 1. The maximum atomic E-state index is 11.1. The molecule has 3 rings (SSSR count). The lowest BCUT2D eigenvalue weighted by atomic mass is 10.1. The van der Waals surface area contributed by atoms with Gasteiger partial charge >= 0.3 is 0 Å². The zero-order chi connectivity index (χ0) is 12.0. The second kappa shape index (κ2) is 3.28. The van der Waals surface area contributed by atoms with Gasteiger partial charge in [0.2, 0.25) is 5.91 Å². The third-order valence-corrected chi connectivity index (χ3v) is 2.86. The fourth-order valence-electron chi connectivity index (χ4n) is 2.04. The van der Waals surface area contributed by atoms with Crippen LogP contribution in [0.2, 0.25) is 0 Å². The van der Waals surface area contributed by atoms with Crippen LogP contribution in [0.4, 0.5) is 0 Å². The van der Waals surface area contributed by atoms with E-state index in [9.17, 15) is 4.79 Å². The smallest absolute Gasteiger partial charge is 0.248 e. The highest BCUT2D eigenvalue weighted by Crippen LogP contribution is 2.26. The minimum Gasteiger partial charge on any atom is -0.366 e. The second-order valence-corrected chi connectivity index (χ2v) is 3.93. The molecule has 0 radical (unpaired) electrons. The van der Waals surface area contributed by atoms with Crippen molar-refractivity contribution in [3.63, 3.8) is 0 Å². The molecule has 5 nitrogen and oxygen atoms in total. The largest absolute Gasteiger partial charge is 0.366 e. The van der Waals surface area contributed by atoms with E-state index in [0.29, 0.717) is 5.56 Å². The van der Waals surface area contributed by atoms with Gasteiger partial charge in [-0.25, -0.2) is 9.97 Å². The minimum absolute atomic E-state index is 0.437. The summed E-state index contributed by atoms with van der Waals surface area (Å²) in [5.74, 6) is -0.437. The van der Waals surface area contributed by atoms with Crippen LogP contribution in [-0.2, 0) is 0 Å². The summed E-state index contributed by atoms with van der Waals surface area (Å²) in [7, 11) is 0. The molecule has 3 aromatic rings. The molecule has 0 fully saturated rings. The lowest BCUT2D eigenvalue weighted by Gasteiger charge is -1.96. The number of nitrogens with one attached hydrogen (secondary N) is 1. The molecular formula is C12H10N4O. The Bertz CT molecular complexity index is 745. The van der Waals surface area contributed by atoms with Gasteiger partial charge in [-0.3, -0.25) is 4.79 Å². The van der Waals surface area contributed by atoms with Crippen LogP contribution in [0.15, 0.2) is 24.5 Å². The van der Waals surface area contributed by atoms with E-state index >= 15 is 0 Å². The summed E-state index contributed by atoms with van der Waals surface area (Å²) in [6.07, 6.45) is 1.52. The molecule has 0 saturated carbocycles. The highest BCUT2D eigenvalue weighted by Gasteiger charge is 2.10. The molecule has 2 heterocycles. The summed E-state index contributed by atoms with van der Waals surface area (Å²) >= 11 is 0. The number of hydrogen-bond acceptors (Lipinski definition) is 3. The van der Waals surface area contributed by atoms with Gasteiger partial charge in [0.05, 0.1) is 5.69 Å². The van der Waals surface area contributed by atoms with Crippen LogP contribution in [0.1, 0.15) is 16.1 Å². The van der Waals surface area contributed by atoms with Crippen molar-refractivity contribution < 1.29 is 4.79 Å². The molecule has 0 bridgehead atoms. The van der Waals surface area contributed by atoms with Crippen molar-refractivity contribution in [2.45, 2.75) is 6.92 Å². The van der Waals surface area contributed by atoms with E-state index < -0.39 is 5.91 Å². The molecule has 0 atom stereocenters. The average molecular weight is 226 g/mol. The van der Waals surface area contributed by atoms with Gasteiger partial charge < -0.3 is 10.7 Å². The molecule has 0 aliphatic carbocycles. The number of rotatable bonds is 1. The molecule has 2 aromatic heterocycles. The van der Waals surface area contributed by atoms with Crippen molar-refractivity contribution in [2.75, 3.05) is 0 Å². The first-order valence-corrected chi connectivity index (χ1v) is 5.19. The lowest BCUT2D eigenvalue weighted by molar-refractivity contribution is 0.100. The number of carbonyl (C=O) groups is 1. The number of primary amides is 1. The third-order valence-electron chi connectivity index (χ3n) is 2.86. The quantitative estimate of drug-likeness (QED) is 0.659.